The number of aryl methyl sites for hydroxylation is 1. The number of carbonyl (C=O) groups is 5. The van der Waals surface area contributed by atoms with Crippen molar-refractivity contribution in [2.24, 2.45) is 16.7 Å². The van der Waals surface area contributed by atoms with Gasteiger partial charge >= 0.3 is 12.2 Å². The van der Waals surface area contributed by atoms with Crippen LogP contribution in [0, 0.1) is 16.7 Å². The summed E-state index contributed by atoms with van der Waals surface area (Å²) in [7, 11) is -3.88. The Morgan fingerprint density at radius 2 is 1.77 bits per heavy atom. The first kappa shape index (κ1) is 38.8. The molecule has 0 radical (unpaired) electrons. The second-order valence-corrected chi connectivity index (χ2v) is 19.5. The Bertz CT molecular complexity index is 1750. The van der Waals surface area contributed by atoms with Crippen molar-refractivity contribution in [3.8, 4) is 0 Å². The molecule has 3 N–H and O–H groups in total. The summed E-state index contributed by atoms with van der Waals surface area (Å²) >= 11 is 0. The number of cyclic esters (lactones) is 1. The molecule has 14 nitrogen and oxygen atoms in total. The Morgan fingerprint density at radius 3 is 2.43 bits per heavy atom. The summed E-state index contributed by atoms with van der Waals surface area (Å²) in [6.45, 7) is 12.1. The zero-order valence-corrected chi connectivity index (χ0v) is 32.6. The minimum absolute atomic E-state index is 0.0558. The van der Waals surface area contributed by atoms with Gasteiger partial charge in [0.15, 0.2) is 0 Å². The Kier molecular flexibility index (Phi) is 10.6. The Balaban J connectivity index is 1.28. The summed E-state index contributed by atoms with van der Waals surface area (Å²) in [4.78, 5) is 72.1. The van der Waals surface area contributed by atoms with Crippen LogP contribution in [0.2, 0.25) is 0 Å². The van der Waals surface area contributed by atoms with E-state index in [0.717, 1.165) is 36.8 Å². The number of ether oxygens (including phenoxy) is 2. The maximum Gasteiger partial charge on any atom is 0.410 e. The number of benzene rings is 1. The van der Waals surface area contributed by atoms with Crippen molar-refractivity contribution in [3.63, 3.8) is 0 Å². The lowest BCUT2D eigenvalue weighted by Gasteiger charge is -2.35. The largest absolute Gasteiger partial charge is 0.449 e. The van der Waals surface area contributed by atoms with E-state index in [0.29, 0.717) is 32.4 Å². The van der Waals surface area contributed by atoms with E-state index < -0.39 is 74.3 Å². The number of hydrogen-bond donors (Lipinski definition) is 3. The molecule has 4 bridgehead atoms. The van der Waals surface area contributed by atoms with Gasteiger partial charge in [-0.25, -0.2) is 18.0 Å². The molecule has 0 aromatic heterocycles. The number of alkyl carbamates (subject to hydrolysis) is 1. The summed E-state index contributed by atoms with van der Waals surface area (Å²) in [5.74, 6) is -2.33. The number of hydrogen-bond acceptors (Lipinski definition) is 9. The molecule has 5 amide bonds. The smallest absolute Gasteiger partial charge is 0.410 e. The SMILES string of the molecule is CC[C@H]1C[C@@]1(NC(=O)[C@H]1C[C@H]2CN1C(=O)[C@@H](C(C)(C)C)NC(=O)OCC(C)(C)CCCCc1cccc3c1CN(C3)C(=O)O2)C(=O)NS(=O)(=O)C1CC1. The molecule has 53 heavy (non-hydrogen) atoms. The van der Waals surface area contributed by atoms with Crippen LogP contribution in [0.3, 0.4) is 0 Å². The van der Waals surface area contributed by atoms with E-state index >= 15 is 0 Å². The number of sulfonamides is 1. The number of carbonyl (C=O) groups excluding carboxylic acids is 5. The molecule has 3 aliphatic heterocycles. The molecule has 3 heterocycles. The van der Waals surface area contributed by atoms with Crippen molar-refractivity contribution in [1.29, 1.82) is 0 Å². The first-order valence-corrected chi connectivity index (χ1v) is 20.6. The number of amides is 5. The number of nitrogens with zero attached hydrogens (tertiary/aromatic N) is 2. The van der Waals surface area contributed by atoms with Crippen LogP contribution in [-0.2, 0) is 53.4 Å². The van der Waals surface area contributed by atoms with Gasteiger partial charge in [-0.1, -0.05) is 72.6 Å². The zero-order chi connectivity index (χ0) is 38.5. The molecule has 292 valence electrons. The minimum Gasteiger partial charge on any atom is -0.449 e. The number of fused-ring (bicyclic) bond motifs is 3. The van der Waals surface area contributed by atoms with Crippen molar-refractivity contribution in [2.45, 2.75) is 141 Å². The van der Waals surface area contributed by atoms with Crippen LogP contribution in [-0.4, -0.2) is 90.3 Å². The maximum absolute atomic E-state index is 14.5. The van der Waals surface area contributed by atoms with Crippen LogP contribution in [0.25, 0.3) is 0 Å². The summed E-state index contributed by atoms with van der Waals surface area (Å²) < 4.78 is 39.3. The lowest BCUT2D eigenvalue weighted by atomic mass is 9.85. The van der Waals surface area contributed by atoms with Crippen molar-refractivity contribution < 1.29 is 41.9 Å². The van der Waals surface area contributed by atoms with Crippen LogP contribution >= 0.6 is 0 Å². The van der Waals surface area contributed by atoms with Crippen LogP contribution in [0.1, 0.15) is 110 Å². The molecular weight excluding hydrogens is 703 g/mol. The molecule has 0 spiro atoms. The molecule has 3 fully saturated rings. The van der Waals surface area contributed by atoms with Gasteiger partial charge in [0.05, 0.1) is 18.4 Å². The van der Waals surface area contributed by atoms with Crippen LogP contribution in [0.4, 0.5) is 9.59 Å². The lowest BCUT2D eigenvalue weighted by Crippen LogP contribution is -2.60. The third-order valence-corrected chi connectivity index (χ3v) is 13.3. The highest BCUT2D eigenvalue weighted by atomic mass is 32.2. The molecular formula is C38H55N5O9S. The molecule has 15 heteroatoms. The Hall–Kier alpha value is -3.88. The average molecular weight is 758 g/mol. The fourth-order valence-corrected chi connectivity index (χ4v) is 9.33. The minimum atomic E-state index is -3.88. The fraction of sp³-hybridized carbons (Fsp3) is 0.711. The third-order valence-electron chi connectivity index (χ3n) is 11.5. The topological polar surface area (TPSA) is 181 Å². The van der Waals surface area contributed by atoms with E-state index in [2.05, 4.69) is 21.4 Å². The molecule has 1 aromatic carbocycles. The van der Waals surface area contributed by atoms with Crippen molar-refractivity contribution >= 4 is 39.9 Å². The first-order chi connectivity index (χ1) is 24.8. The average Bonchev–Trinajstić information content (AvgIpc) is 3.97. The van der Waals surface area contributed by atoms with Gasteiger partial charge in [0, 0.05) is 19.5 Å². The Labute approximate surface area is 312 Å². The van der Waals surface area contributed by atoms with Crippen LogP contribution < -0.4 is 15.4 Å². The molecule has 1 saturated heterocycles. The fourth-order valence-electron chi connectivity index (χ4n) is 7.97. The lowest BCUT2D eigenvalue weighted by molar-refractivity contribution is -0.143. The van der Waals surface area contributed by atoms with Gasteiger partial charge in [-0.3, -0.25) is 24.0 Å². The van der Waals surface area contributed by atoms with Gasteiger partial charge < -0.3 is 25.0 Å². The predicted molar refractivity (Wildman–Crippen MR) is 194 cm³/mol. The molecule has 6 rings (SSSR count). The van der Waals surface area contributed by atoms with Gasteiger partial charge in [0.1, 0.15) is 23.7 Å². The van der Waals surface area contributed by atoms with Gasteiger partial charge in [0.2, 0.25) is 21.8 Å². The molecule has 5 atom stereocenters. The van der Waals surface area contributed by atoms with E-state index in [1.165, 1.54) is 10.5 Å². The number of nitrogens with one attached hydrogen (secondary N) is 3. The normalized spacial score (nSPS) is 29.4. The van der Waals surface area contributed by atoms with Crippen LogP contribution in [0.5, 0.6) is 0 Å². The second-order valence-electron chi connectivity index (χ2n) is 17.5. The molecule has 5 aliphatic rings. The highest BCUT2D eigenvalue weighted by molar-refractivity contribution is 7.91. The van der Waals surface area contributed by atoms with E-state index in [-0.39, 0.29) is 37.3 Å². The van der Waals surface area contributed by atoms with Crippen molar-refractivity contribution in [1.82, 2.24) is 25.2 Å². The van der Waals surface area contributed by atoms with Gasteiger partial charge in [-0.2, -0.15) is 0 Å². The summed E-state index contributed by atoms with van der Waals surface area (Å²) in [6.07, 6.45) is 2.94. The maximum atomic E-state index is 14.5. The van der Waals surface area contributed by atoms with E-state index in [1.807, 2.05) is 32.9 Å². The molecule has 2 aliphatic carbocycles. The van der Waals surface area contributed by atoms with E-state index in [1.54, 1.807) is 25.7 Å². The van der Waals surface area contributed by atoms with E-state index in [9.17, 15) is 32.4 Å². The number of rotatable bonds is 6. The monoisotopic (exact) mass is 757 g/mol. The van der Waals surface area contributed by atoms with Crippen molar-refractivity contribution in [2.75, 3.05) is 13.2 Å². The van der Waals surface area contributed by atoms with Crippen molar-refractivity contribution in [3.05, 3.63) is 34.9 Å². The highest BCUT2D eigenvalue weighted by Crippen LogP contribution is 2.47. The molecule has 1 aromatic rings. The first-order valence-electron chi connectivity index (χ1n) is 19.0. The van der Waals surface area contributed by atoms with Gasteiger partial charge in [-0.15, -0.1) is 0 Å². The summed E-state index contributed by atoms with van der Waals surface area (Å²) in [6, 6.07) is 3.80. The molecule has 0 unspecified atom stereocenters. The quantitative estimate of drug-likeness (QED) is 0.388. The molecule has 2 saturated carbocycles. The summed E-state index contributed by atoms with van der Waals surface area (Å²) in [5.41, 5.74) is 0.742. The third kappa shape index (κ3) is 8.44. The standard InChI is InChI=1S/C38H55N5O9S/c1-7-25-18-38(25,33(46)41-53(49,50)27-14-15-27)40-31(44)29-17-26-20-43(29)32(45)30(36(2,3)4)39-34(47)51-22-37(5,6)16-9-8-11-23-12-10-13-24-19-42(21-28(23)24)35(48)52-26/h10,12-13,25-27,29-30H,7-9,11,14-22H2,1-6H3,(H,39,47)(H,40,44)(H,41,46)/t25-,26-,29+,30-,38-/m0/s1. The van der Waals surface area contributed by atoms with Gasteiger partial charge in [-0.05, 0) is 72.0 Å². The predicted octanol–water partition coefficient (Wildman–Crippen LogP) is 3.90. The second kappa shape index (κ2) is 14.4. The Morgan fingerprint density at radius 1 is 1.06 bits per heavy atom. The van der Waals surface area contributed by atoms with Crippen LogP contribution in [0.15, 0.2) is 18.2 Å². The van der Waals surface area contributed by atoms with Gasteiger partial charge in [0.25, 0.3) is 5.91 Å². The van der Waals surface area contributed by atoms with E-state index in [4.69, 9.17) is 9.47 Å². The summed E-state index contributed by atoms with van der Waals surface area (Å²) in [5, 5.41) is 4.95. The highest BCUT2D eigenvalue weighted by Gasteiger charge is 2.62. The zero-order valence-electron chi connectivity index (χ0n) is 31.8.